The molecule has 2 unspecified atom stereocenters. The zero-order valence-electron chi connectivity index (χ0n) is 12.1. The largest absolute Gasteiger partial charge is 0.409 e. The van der Waals surface area contributed by atoms with E-state index in [0.717, 1.165) is 24.6 Å². The topological polar surface area (TPSA) is 61.9 Å². The molecule has 3 N–H and O–H groups in total. The van der Waals surface area contributed by atoms with Gasteiger partial charge in [0.2, 0.25) is 0 Å². The Morgan fingerprint density at radius 2 is 2.00 bits per heavy atom. The second-order valence-electron chi connectivity index (χ2n) is 6.09. The first-order valence-electron chi connectivity index (χ1n) is 7.75. The van der Waals surface area contributed by atoms with Crippen molar-refractivity contribution in [1.82, 2.24) is 0 Å². The average Bonchev–Trinajstić information content (AvgIpc) is 2.53. The molecule has 0 bridgehead atoms. The van der Waals surface area contributed by atoms with Crippen LogP contribution in [0.4, 0.5) is 10.1 Å². The van der Waals surface area contributed by atoms with Crippen molar-refractivity contribution < 1.29 is 9.60 Å². The number of piperidine rings is 1. The lowest BCUT2D eigenvalue weighted by atomic mass is 9.78. The fraction of sp³-hybridized carbons (Fsp3) is 0.562. The molecule has 2 aliphatic rings. The van der Waals surface area contributed by atoms with Crippen LogP contribution in [0.15, 0.2) is 23.4 Å². The van der Waals surface area contributed by atoms with E-state index in [4.69, 9.17) is 10.9 Å². The van der Waals surface area contributed by atoms with Gasteiger partial charge in [-0.25, -0.2) is 4.39 Å². The molecule has 0 spiro atoms. The van der Waals surface area contributed by atoms with Crippen LogP contribution in [0, 0.1) is 11.7 Å². The van der Waals surface area contributed by atoms with Crippen LogP contribution in [-0.2, 0) is 0 Å². The third-order valence-corrected chi connectivity index (χ3v) is 4.89. The third-order valence-electron chi connectivity index (χ3n) is 4.89. The maximum absolute atomic E-state index is 13.5. The van der Waals surface area contributed by atoms with Crippen LogP contribution in [-0.4, -0.2) is 23.6 Å². The van der Waals surface area contributed by atoms with Gasteiger partial charge in [-0.1, -0.05) is 18.0 Å². The molecule has 0 radical (unpaired) electrons. The molecule has 3 rings (SSSR count). The molecule has 1 saturated carbocycles. The van der Waals surface area contributed by atoms with Crippen molar-refractivity contribution in [1.29, 1.82) is 0 Å². The van der Waals surface area contributed by atoms with Gasteiger partial charge < -0.3 is 15.8 Å². The SMILES string of the molecule is NC(=NO)c1cc(F)ccc1N1CCCC2CCCCC21. The molecule has 21 heavy (non-hydrogen) atoms. The number of halogens is 1. The zero-order valence-corrected chi connectivity index (χ0v) is 12.1. The Hall–Kier alpha value is -1.78. The van der Waals surface area contributed by atoms with Crippen molar-refractivity contribution in [3.05, 3.63) is 29.6 Å². The summed E-state index contributed by atoms with van der Waals surface area (Å²) in [6.07, 6.45) is 7.44. The van der Waals surface area contributed by atoms with Crippen LogP contribution in [0.3, 0.4) is 0 Å². The van der Waals surface area contributed by atoms with Crippen molar-refractivity contribution in [3.63, 3.8) is 0 Å². The van der Waals surface area contributed by atoms with Crippen LogP contribution in [0.25, 0.3) is 0 Å². The van der Waals surface area contributed by atoms with Gasteiger partial charge in [0.15, 0.2) is 5.84 Å². The van der Waals surface area contributed by atoms with Gasteiger partial charge in [0, 0.05) is 23.8 Å². The highest BCUT2D eigenvalue weighted by Gasteiger charge is 2.34. The number of nitrogens with two attached hydrogens (primary N) is 1. The van der Waals surface area contributed by atoms with Crippen LogP contribution in [0.5, 0.6) is 0 Å². The van der Waals surface area contributed by atoms with Gasteiger partial charge in [-0.2, -0.15) is 0 Å². The van der Waals surface area contributed by atoms with Crippen molar-refractivity contribution in [3.8, 4) is 0 Å². The highest BCUT2D eigenvalue weighted by atomic mass is 19.1. The molecule has 114 valence electrons. The van der Waals surface area contributed by atoms with Gasteiger partial charge in [0.1, 0.15) is 5.82 Å². The van der Waals surface area contributed by atoms with Crippen molar-refractivity contribution in [2.75, 3.05) is 11.4 Å². The van der Waals surface area contributed by atoms with E-state index in [-0.39, 0.29) is 11.7 Å². The zero-order chi connectivity index (χ0) is 14.8. The Balaban J connectivity index is 1.98. The first-order valence-corrected chi connectivity index (χ1v) is 7.75. The van der Waals surface area contributed by atoms with E-state index >= 15 is 0 Å². The summed E-state index contributed by atoms with van der Waals surface area (Å²) in [6.45, 7) is 0.957. The number of anilines is 1. The van der Waals surface area contributed by atoms with Gasteiger partial charge in [-0.05, 0) is 49.8 Å². The van der Waals surface area contributed by atoms with E-state index in [1.807, 2.05) is 0 Å². The van der Waals surface area contributed by atoms with Gasteiger partial charge >= 0.3 is 0 Å². The Morgan fingerprint density at radius 3 is 2.81 bits per heavy atom. The Kier molecular flexibility index (Phi) is 3.99. The molecule has 5 heteroatoms. The summed E-state index contributed by atoms with van der Waals surface area (Å²) in [4.78, 5) is 2.35. The molecule has 4 nitrogen and oxygen atoms in total. The summed E-state index contributed by atoms with van der Waals surface area (Å²) >= 11 is 0. The predicted octanol–water partition coefficient (Wildman–Crippen LogP) is 3.08. The van der Waals surface area contributed by atoms with Crippen LogP contribution in [0.1, 0.15) is 44.1 Å². The fourth-order valence-electron chi connectivity index (χ4n) is 3.94. The lowest BCUT2D eigenvalue weighted by molar-refractivity contribution is 0.243. The Labute approximate surface area is 124 Å². The minimum absolute atomic E-state index is 0.0255. The minimum atomic E-state index is -0.363. The molecular weight excluding hydrogens is 269 g/mol. The number of fused-ring (bicyclic) bond motifs is 1. The molecule has 1 heterocycles. The highest BCUT2D eigenvalue weighted by Crippen LogP contribution is 2.38. The molecule has 0 aromatic heterocycles. The molecular formula is C16H22FN3O. The number of amidine groups is 1. The Bertz CT molecular complexity index is 544. The molecule has 2 atom stereocenters. The standard InChI is InChI=1S/C16H22FN3O/c17-12-7-8-15(13(10-12)16(18)19-21)20-9-3-5-11-4-1-2-6-14(11)20/h7-8,10-11,14,21H,1-6,9H2,(H2,18,19). The van der Waals surface area contributed by atoms with Gasteiger partial charge in [0.05, 0.1) is 0 Å². The number of hydrogen-bond acceptors (Lipinski definition) is 3. The first kappa shape index (κ1) is 14.2. The van der Waals surface area contributed by atoms with Gasteiger partial charge in [-0.15, -0.1) is 0 Å². The molecule has 0 amide bonds. The normalized spacial score (nSPS) is 26.5. The number of benzene rings is 1. The highest BCUT2D eigenvalue weighted by molar-refractivity contribution is 6.02. The van der Waals surface area contributed by atoms with E-state index in [2.05, 4.69) is 10.1 Å². The van der Waals surface area contributed by atoms with Crippen LogP contribution in [0.2, 0.25) is 0 Å². The van der Waals surface area contributed by atoms with Crippen molar-refractivity contribution >= 4 is 11.5 Å². The van der Waals surface area contributed by atoms with Crippen LogP contribution < -0.4 is 10.6 Å². The van der Waals surface area contributed by atoms with Crippen LogP contribution >= 0.6 is 0 Å². The van der Waals surface area contributed by atoms with E-state index in [9.17, 15) is 4.39 Å². The summed E-state index contributed by atoms with van der Waals surface area (Å²) in [7, 11) is 0. The molecule has 1 aromatic carbocycles. The molecule has 1 aliphatic carbocycles. The maximum Gasteiger partial charge on any atom is 0.172 e. The van der Waals surface area contributed by atoms with E-state index in [1.54, 1.807) is 6.07 Å². The molecule has 1 aromatic rings. The number of nitrogens with zero attached hydrogens (tertiary/aromatic N) is 2. The average molecular weight is 291 g/mol. The summed E-state index contributed by atoms with van der Waals surface area (Å²) in [5.74, 6) is 0.331. The smallest absolute Gasteiger partial charge is 0.172 e. The maximum atomic E-state index is 13.5. The summed E-state index contributed by atoms with van der Waals surface area (Å²) in [5.41, 5.74) is 7.13. The van der Waals surface area contributed by atoms with E-state index in [0.29, 0.717) is 11.6 Å². The molecule has 2 fully saturated rings. The summed E-state index contributed by atoms with van der Waals surface area (Å²) < 4.78 is 13.5. The number of hydrogen-bond donors (Lipinski definition) is 2. The predicted molar refractivity (Wildman–Crippen MR) is 81.2 cm³/mol. The molecule has 1 aliphatic heterocycles. The fourth-order valence-corrected chi connectivity index (χ4v) is 3.94. The Morgan fingerprint density at radius 1 is 1.24 bits per heavy atom. The van der Waals surface area contributed by atoms with Crippen molar-refractivity contribution in [2.24, 2.45) is 16.8 Å². The minimum Gasteiger partial charge on any atom is -0.409 e. The number of rotatable bonds is 2. The van der Waals surface area contributed by atoms with E-state index < -0.39 is 0 Å². The second-order valence-corrected chi connectivity index (χ2v) is 6.09. The summed E-state index contributed by atoms with van der Waals surface area (Å²) in [5, 5.41) is 12.0. The molecule has 1 saturated heterocycles. The monoisotopic (exact) mass is 291 g/mol. The van der Waals surface area contributed by atoms with Crippen molar-refractivity contribution in [2.45, 2.75) is 44.6 Å². The second kappa shape index (κ2) is 5.92. The quantitative estimate of drug-likeness (QED) is 0.381. The summed E-state index contributed by atoms with van der Waals surface area (Å²) in [6, 6.07) is 5.08. The first-order chi connectivity index (χ1) is 10.2. The lowest BCUT2D eigenvalue weighted by Crippen LogP contribution is -2.47. The number of oxime groups is 1. The van der Waals surface area contributed by atoms with Gasteiger partial charge in [0.25, 0.3) is 0 Å². The lowest BCUT2D eigenvalue weighted by Gasteiger charge is -2.46. The van der Waals surface area contributed by atoms with Gasteiger partial charge in [-0.3, -0.25) is 0 Å². The van der Waals surface area contributed by atoms with E-state index in [1.165, 1.54) is 44.2 Å². The third kappa shape index (κ3) is 2.69.